The summed E-state index contributed by atoms with van der Waals surface area (Å²) in [5, 5.41) is 11.6. The number of benzene rings is 1. The largest absolute Gasteiger partial charge is 0.303 e. The molecule has 1 unspecified atom stereocenters. The molecule has 0 bridgehead atoms. The number of fused-ring (bicyclic) bond motifs is 1. The molecule has 0 amide bonds. The molecule has 2 aromatic rings. The number of hydrogen-bond acceptors (Lipinski definition) is 4. The number of aromatic nitrogens is 2. The second-order valence-electron chi connectivity index (χ2n) is 4.36. The maximum Gasteiger partial charge on any atom is 0.0769 e. The average Bonchev–Trinajstić information content (AvgIpc) is 2.46. The molecule has 1 aromatic carbocycles. The first-order valence-electron chi connectivity index (χ1n) is 6.09. The summed E-state index contributed by atoms with van der Waals surface area (Å²) in [5.74, 6) is 2.25. The zero-order valence-corrected chi connectivity index (χ0v) is 10.9. The van der Waals surface area contributed by atoms with Crippen molar-refractivity contribution in [2.75, 3.05) is 5.75 Å². The van der Waals surface area contributed by atoms with E-state index in [2.05, 4.69) is 39.8 Å². The van der Waals surface area contributed by atoms with Crippen molar-refractivity contribution in [2.45, 2.75) is 18.3 Å². The molecule has 0 spiro atoms. The first-order valence-corrected chi connectivity index (χ1v) is 7.24. The van der Waals surface area contributed by atoms with Crippen molar-refractivity contribution in [3.05, 3.63) is 59.4 Å². The lowest BCUT2D eigenvalue weighted by molar-refractivity contribution is 0.564. The van der Waals surface area contributed by atoms with E-state index in [9.17, 15) is 0 Å². The number of hydrogen-bond donors (Lipinski definition) is 1. The number of thioether (sulfide) groups is 1. The number of nitrogens with zero attached hydrogens (tertiary/aromatic N) is 2. The van der Waals surface area contributed by atoms with Gasteiger partial charge >= 0.3 is 0 Å². The van der Waals surface area contributed by atoms with E-state index in [4.69, 9.17) is 0 Å². The highest BCUT2D eigenvalue weighted by Crippen LogP contribution is 2.31. The fourth-order valence-electron chi connectivity index (χ4n) is 2.21. The van der Waals surface area contributed by atoms with Gasteiger partial charge in [-0.25, -0.2) is 0 Å². The maximum atomic E-state index is 4.10. The van der Waals surface area contributed by atoms with Crippen LogP contribution in [-0.2, 0) is 12.3 Å². The Hall–Kier alpha value is -1.39. The molecular formula is C14H15N3S. The Balaban J connectivity index is 1.71. The van der Waals surface area contributed by atoms with Crippen LogP contribution in [0, 0.1) is 0 Å². The molecule has 0 fully saturated rings. The summed E-state index contributed by atoms with van der Waals surface area (Å²) < 4.78 is 0. The van der Waals surface area contributed by atoms with E-state index >= 15 is 0 Å². The van der Waals surface area contributed by atoms with Crippen LogP contribution in [0.5, 0.6) is 0 Å². The van der Waals surface area contributed by atoms with Gasteiger partial charge in [0.15, 0.2) is 0 Å². The molecule has 1 aromatic heterocycles. The highest BCUT2D eigenvalue weighted by molar-refractivity contribution is 7.98. The average molecular weight is 257 g/mol. The lowest BCUT2D eigenvalue weighted by Crippen LogP contribution is -2.26. The van der Waals surface area contributed by atoms with Gasteiger partial charge in [0.05, 0.1) is 5.69 Å². The third kappa shape index (κ3) is 2.54. The molecule has 1 aliphatic heterocycles. The zero-order chi connectivity index (χ0) is 12.2. The Morgan fingerprint density at radius 1 is 1.22 bits per heavy atom. The van der Waals surface area contributed by atoms with E-state index in [1.165, 1.54) is 11.1 Å². The maximum absolute atomic E-state index is 4.10. The molecule has 0 saturated carbocycles. The molecule has 0 aliphatic carbocycles. The fraction of sp³-hybridized carbons (Fsp3) is 0.286. The van der Waals surface area contributed by atoms with Crippen molar-refractivity contribution in [3.8, 4) is 0 Å². The summed E-state index contributed by atoms with van der Waals surface area (Å²) in [6, 6.07) is 13.0. The first kappa shape index (κ1) is 11.7. The van der Waals surface area contributed by atoms with Crippen molar-refractivity contribution in [2.24, 2.45) is 0 Å². The van der Waals surface area contributed by atoms with Gasteiger partial charge in [0, 0.05) is 30.3 Å². The molecule has 0 radical (unpaired) electrons. The molecule has 1 atom stereocenters. The first-order chi connectivity index (χ1) is 8.93. The van der Waals surface area contributed by atoms with E-state index in [0.717, 1.165) is 23.7 Å². The van der Waals surface area contributed by atoms with E-state index in [-0.39, 0.29) is 0 Å². The lowest BCUT2D eigenvalue weighted by Gasteiger charge is -2.25. The van der Waals surface area contributed by atoms with Crippen LogP contribution in [0.15, 0.2) is 42.6 Å². The van der Waals surface area contributed by atoms with Gasteiger partial charge < -0.3 is 5.32 Å². The van der Waals surface area contributed by atoms with Gasteiger partial charge in [-0.05, 0) is 23.3 Å². The van der Waals surface area contributed by atoms with Crippen molar-refractivity contribution in [3.63, 3.8) is 0 Å². The van der Waals surface area contributed by atoms with Crippen LogP contribution < -0.4 is 5.32 Å². The second kappa shape index (κ2) is 5.50. The van der Waals surface area contributed by atoms with Gasteiger partial charge in [-0.2, -0.15) is 22.0 Å². The van der Waals surface area contributed by atoms with Crippen LogP contribution in [0.25, 0.3) is 0 Å². The monoisotopic (exact) mass is 257 g/mol. The fourth-order valence-corrected chi connectivity index (χ4v) is 3.34. The summed E-state index contributed by atoms with van der Waals surface area (Å²) >= 11 is 1.98. The van der Waals surface area contributed by atoms with E-state index in [1.54, 1.807) is 6.20 Å². The smallest absolute Gasteiger partial charge is 0.0769 e. The number of nitrogens with one attached hydrogen (secondary N) is 1. The third-order valence-corrected chi connectivity index (χ3v) is 4.21. The van der Waals surface area contributed by atoms with E-state index < -0.39 is 0 Å². The lowest BCUT2D eigenvalue weighted by atomic mass is 10.0. The normalized spacial score (nSPS) is 18.3. The van der Waals surface area contributed by atoms with Gasteiger partial charge in [-0.15, -0.1) is 0 Å². The van der Waals surface area contributed by atoms with Crippen LogP contribution in [0.2, 0.25) is 0 Å². The molecule has 3 nitrogen and oxygen atoms in total. The summed E-state index contributed by atoms with van der Waals surface area (Å²) in [6.45, 7) is 0.771. The predicted molar refractivity (Wildman–Crippen MR) is 74.2 cm³/mol. The van der Waals surface area contributed by atoms with Crippen molar-refractivity contribution in [1.29, 1.82) is 0 Å². The third-order valence-electron chi connectivity index (χ3n) is 3.13. The van der Waals surface area contributed by atoms with E-state index in [0.29, 0.717) is 6.04 Å². The molecule has 3 rings (SSSR count). The summed E-state index contributed by atoms with van der Waals surface area (Å²) in [7, 11) is 0. The SMILES string of the molecule is c1cnnc(CNC2CSCc3ccccc32)c1. The van der Waals surface area contributed by atoms with Crippen LogP contribution in [0.3, 0.4) is 0 Å². The molecule has 2 heterocycles. The molecule has 1 N–H and O–H groups in total. The van der Waals surface area contributed by atoms with Crippen molar-refractivity contribution >= 4 is 11.8 Å². The van der Waals surface area contributed by atoms with Crippen LogP contribution in [0.4, 0.5) is 0 Å². The summed E-state index contributed by atoms with van der Waals surface area (Å²) in [5.41, 5.74) is 3.87. The van der Waals surface area contributed by atoms with Crippen LogP contribution in [0.1, 0.15) is 22.9 Å². The highest BCUT2D eigenvalue weighted by atomic mass is 32.2. The van der Waals surface area contributed by atoms with Gasteiger partial charge in [-0.1, -0.05) is 24.3 Å². The molecule has 92 valence electrons. The van der Waals surface area contributed by atoms with Gasteiger partial charge in [0.25, 0.3) is 0 Å². The van der Waals surface area contributed by atoms with Crippen molar-refractivity contribution < 1.29 is 0 Å². The quantitative estimate of drug-likeness (QED) is 0.917. The minimum atomic E-state index is 0.418. The molecule has 1 aliphatic rings. The Kier molecular flexibility index (Phi) is 3.57. The minimum Gasteiger partial charge on any atom is -0.303 e. The predicted octanol–water partition coefficient (Wildman–Crippen LogP) is 2.55. The minimum absolute atomic E-state index is 0.418. The Morgan fingerprint density at radius 3 is 3.06 bits per heavy atom. The molecular weight excluding hydrogens is 242 g/mol. The summed E-state index contributed by atoms with van der Waals surface area (Å²) in [4.78, 5) is 0. The Bertz CT molecular complexity index is 515. The van der Waals surface area contributed by atoms with Crippen molar-refractivity contribution in [1.82, 2.24) is 15.5 Å². The standard InChI is InChI=1S/C14H15N3S/c1-2-6-13-11(4-1)9-18-10-14(13)15-8-12-5-3-7-16-17-12/h1-7,14-15H,8-10H2. The van der Waals surface area contributed by atoms with Crippen LogP contribution >= 0.6 is 11.8 Å². The Labute approximate surface area is 111 Å². The van der Waals surface area contributed by atoms with E-state index in [1.807, 2.05) is 23.9 Å². The van der Waals surface area contributed by atoms with Gasteiger partial charge in [0.1, 0.15) is 0 Å². The number of rotatable bonds is 3. The summed E-state index contributed by atoms with van der Waals surface area (Å²) in [6.07, 6.45) is 1.70. The molecule has 0 saturated heterocycles. The highest BCUT2D eigenvalue weighted by Gasteiger charge is 2.19. The zero-order valence-electron chi connectivity index (χ0n) is 10.0. The van der Waals surface area contributed by atoms with Gasteiger partial charge in [0.2, 0.25) is 0 Å². The second-order valence-corrected chi connectivity index (χ2v) is 5.39. The van der Waals surface area contributed by atoms with Gasteiger partial charge in [-0.3, -0.25) is 0 Å². The molecule has 4 heteroatoms. The molecule has 18 heavy (non-hydrogen) atoms. The van der Waals surface area contributed by atoms with Crippen LogP contribution in [-0.4, -0.2) is 16.0 Å². The topological polar surface area (TPSA) is 37.8 Å². The Morgan fingerprint density at radius 2 is 2.17 bits per heavy atom.